The molecule has 4 heterocycles. The third kappa shape index (κ3) is 4.66. The second kappa shape index (κ2) is 9.22. The van der Waals surface area contributed by atoms with Crippen molar-refractivity contribution in [1.29, 1.82) is 0 Å². The van der Waals surface area contributed by atoms with Crippen LogP contribution < -0.4 is 5.32 Å². The van der Waals surface area contributed by atoms with E-state index in [9.17, 15) is 0 Å². The quantitative estimate of drug-likeness (QED) is 0.605. The highest BCUT2D eigenvalue weighted by Gasteiger charge is 2.30. The van der Waals surface area contributed by atoms with Crippen LogP contribution >= 0.6 is 0 Å². The van der Waals surface area contributed by atoms with Crippen LogP contribution in [0, 0.1) is 6.92 Å². The molecule has 1 aromatic heterocycles. The first-order valence-electron chi connectivity index (χ1n) is 10.9. The molecule has 0 spiro atoms. The average molecular weight is 390 g/mol. The lowest BCUT2D eigenvalue weighted by atomic mass is 10.1. The van der Waals surface area contributed by atoms with Crippen molar-refractivity contribution < 1.29 is 4.74 Å². The SMILES string of the molecule is Cc1nnc(CN=C(NCC2CCCO2)N2CCC(N3CCCCC3)C2)n1C. The Balaban J connectivity index is 1.41. The lowest BCUT2D eigenvalue weighted by Crippen LogP contribution is -2.46. The molecule has 4 rings (SSSR count). The van der Waals surface area contributed by atoms with Gasteiger partial charge in [0.2, 0.25) is 0 Å². The van der Waals surface area contributed by atoms with Gasteiger partial charge >= 0.3 is 0 Å². The standard InChI is InChI=1S/C20H35N7O/c1-16-23-24-19(25(16)2)14-22-20(21-13-18-7-6-12-28-18)27-11-8-17(15-27)26-9-4-3-5-10-26/h17-18H,3-15H2,1-2H3,(H,21,22). The van der Waals surface area contributed by atoms with Crippen LogP contribution in [-0.2, 0) is 18.3 Å². The summed E-state index contributed by atoms with van der Waals surface area (Å²) in [6.45, 7) is 8.89. The van der Waals surface area contributed by atoms with Crippen LogP contribution in [0.25, 0.3) is 0 Å². The highest BCUT2D eigenvalue weighted by Crippen LogP contribution is 2.20. The Bertz CT molecular complexity index is 662. The van der Waals surface area contributed by atoms with E-state index in [0.29, 0.717) is 18.7 Å². The number of aromatic nitrogens is 3. The first-order chi connectivity index (χ1) is 13.7. The van der Waals surface area contributed by atoms with E-state index in [1.54, 1.807) is 0 Å². The number of ether oxygens (including phenoxy) is 1. The Morgan fingerprint density at radius 1 is 1.14 bits per heavy atom. The summed E-state index contributed by atoms with van der Waals surface area (Å²) in [5.41, 5.74) is 0. The molecule has 28 heavy (non-hydrogen) atoms. The van der Waals surface area contributed by atoms with Gasteiger partial charge in [0.05, 0.1) is 6.10 Å². The minimum Gasteiger partial charge on any atom is -0.376 e. The van der Waals surface area contributed by atoms with Gasteiger partial charge in [0.15, 0.2) is 11.8 Å². The number of nitrogens with one attached hydrogen (secondary N) is 1. The number of hydrogen-bond acceptors (Lipinski definition) is 5. The smallest absolute Gasteiger partial charge is 0.194 e. The first-order valence-corrected chi connectivity index (χ1v) is 10.9. The summed E-state index contributed by atoms with van der Waals surface area (Å²) < 4.78 is 7.81. The molecule has 0 bridgehead atoms. The summed E-state index contributed by atoms with van der Waals surface area (Å²) in [6, 6.07) is 0.659. The Hall–Kier alpha value is -1.67. The zero-order chi connectivity index (χ0) is 19.3. The largest absolute Gasteiger partial charge is 0.376 e. The highest BCUT2D eigenvalue weighted by atomic mass is 16.5. The molecule has 8 nitrogen and oxygen atoms in total. The minimum atomic E-state index is 0.308. The molecule has 1 N–H and O–H groups in total. The predicted octanol–water partition coefficient (Wildman–Crippen LogP) is 1.31. The number of aliphatic imine (C=N–C) groups is 1. The van der Waals surface area contributed by atoms with E-state index in [1.807, 2.05) is 18.5 Å². The third-order valence-corrected chi connectivity index (χ3v) is 6.43. The summed E-state index contributed by atoms with van der Waals surface area (Å²) in [5.74, 6) is 2.82. The Morgan fingerprint density at radius 2 is 2.00 bits per heavy atom. The fraction of sp³-hybridized carbons (Fsp3) is 0.850. The fourth-order valence-corrected chi connectivity index (χ4v) is 4.53. The summed E-state index contributed by atoms with van der Waals surface area (Å²) >= 11 is 0. The summed E-state index contributed by atoms with van der Waals surface area (Å²) in [4.78, 5) is 10.0. The lowest BCUT2D eigenvalue weighted by Gasteiger charge is -2.32. The zero-order valence-electron chi connectivity index (χ0n) is 17.4. The van der Waals surface area contributed by atoms with Crippen LogP contribution in [0.5, 0.6) is 0 Å². The molecule has 1 aromatic rings. The Labute approximate surface area is 168 Å². The zero-order valence-corrected chi connectivity index (χ0v) is 17.4. The van der Waals surface area contributed by atoms with Crippen LogP contribution in [-0.4, -0.2) is 82.0 Å². The molecule has 0 aromatic carbocycles. The molecule has 2 atom stereocenters. The van der Waals surface area contributed by atoms with Crippen molar-refractivity contribution in [3.05, 3.63) is 11.6 Å². The maximum Gasteiger partial charge on any atom is 0.194 e. The maximum atomic E-state index is 5.80. The van der Waals surface area contributed by atoms with Crippen LogP contribution in [0.4, 0.5) is 0 Å². The van der Waals surface area contributed by atoms with E-state index >= 15 is 0 Å². The molecule has 0 saturated carbocycles. The number of likely N-dealkylation sites (tertiary alicyclic amines) is 2. The van der Waals surface area contributed by atoms with Crippen LogP contribution in [0.15, 0.2) is 4.99 Å². The molecular formula is C20H35N7O. The maximum absolute atomic E-state index is 5.80. The van der Waals surface area contributed by atoms with Gasteiger partial charge in [-0.25, -0.2) is 4.99 Å². The van der Waals surface area contributed by atoms with Crippen molar-refractivity contribution in [3.8, 4) is 0 Å². The molecule has 156 valence electrons. The minimum absolute atomic E-state index is 0.308. The van der Waals surface area contributed by atoms with E-state index in [2.05, 4.69) is 25.3 Å². The molecule has 3 aliphatic rings. The topological polar surface area (TPSA) is 70.8 Å². The van der Waals surface area contributed by atoms with Gasteiger partial charge in [-0.05, 0) is 52.1 Å². The van der Waals surface area contributed by atoms with Crippen molar-refractivity contribution in [1.82, 2.24) is 29.9 Å². The fourth-order valence-electron chi connectivity index (χ4n) is 4.53. The van der Waals surface area contributed by atoms with E-state index in [4.69, 9.17) is 9.73 Å². The second-order valence-electron chi connectivity index (χ2n) is 8.36. The van der Waals surface area contributed by atoms with E-state index in [1.165, 1.54) is 38.8 Å². The summed E-state index contributed by atoms with van der Waals surface area (Å²) in [7, 11) is 2.00. The third-order valence-electron chi connectivity index (χ3n) is 6.43. The number of rotatable bonds is 5. The molecule has 0 aliphatic carbocycles. The molecule has 0 amide bonds. The van der Waals surface area contributed by atoms with Gasteiger partial charge in [-0.3, -0.25) is 4.90 Å². The monoisotopic (exact) mass is 389 g/mol. The Morgan fingerprint density at radius 3 is 2.71 bits per heavy atom. The van der Waals surface area contributed by atoms with Crippen LogP contribution in [0.1, 0.15) is 50.2 Å². The predicted molar refractivity (Wildman–Crippen MR) is 109 cm³/mol. The number of aryl methyl sites for hydroxylation is 1. The lowest BCUT2D eigenvalue weighted by molar-refractivity contribution is 0.113. The van der Waals surface area contributed by atoms with E-state index in [0.717, 1.165) is 56.7 Å². The molecule has 8 heteroatoms. The average Bonchev–Trinajstić information content (AvgIpc) is 3.47. The number of nitrogens with zero attached hydrogens (tertiary/aromatic N) is 6. The van der Waals surface area contributed by atoms with Crippen molar-refractivity contribution in [2.75, 3.05) is 39.3 Å². The number of piperidine rings is 1. The molecule has 0 radical (unpaired) electrons. The van der Waals surface area contributed by atoms with Crippen molar-refractivity contribution >= 4 is 5.96 Å². The highest BCUT2D eigenvalue weighted by molar-refractivity contribution is 5.80. The van der Waals surface area contributed by atoms with Crippen LogP contribution in [0.3, 0.4) is 0 Å². The van der Waals surface area contributed by atoms with Crippen LogP contribution in [0.2, 0.25) is 0 Å². The summed E-state index contributed by atoms with van der Waals surface area (Å²) in [5, 5.41) is 12.0. The van der Waals surface area contributed by atoms with Gasteiger partial charge in [-0.2, -0.15) is 0 Å². The normalized spacial score (nSPS) is 26.9. The number of hydrogen-bond donors (Lipinski definition) is 1. The second-order valence-corrected chi connectivity index (χ2v) is 8.36. The van der Waals surface area contributed by atoms with Gasteiger partial charge in [0, 0.05) is 39.3 Å². The van der Waals surface area contributed by atoms with Gasteiger partial charge in [0.25, 0.3) is 0 Å². The van der Waals surface area contributed by atoms with Gasteiger partial charge in [-0.1, -0.05) is 6.42 Å². The molecule has 2 unspecified atom stereocenters. The van der Waals surface area contributed by atoms with Gasteiger partial charge in [-0.15, -0.1) is 10.2 Å². The van der Waals surface area contributed by atoms with Crippen molar-refractivity contribution in [2.24, 2.45) is 12.0 Å². The molecular weight excluding hydrogens is 354 g/mol. The van der Waals surface area contributed by atoms with E-state index in [-0.39, 0.29) is 0 Å². The van der Waals surface area contributed by atoms with Crippen molar-refractivity contribution in [2.45, 2.75) is 64.1 Å². The van der Waals surface area contributed by atoms with Gasteiger partial charge < -0.3 is 19.5 Å². The number of guanidine groups is 1. The van der Waals surface area contributed by atoms with Crippen molar-refractivity contribution in [3.63, 3.8) is 0 Å². The van der Waals surface area contributed by atoms with Gasteiger partial charge in [0.1, 0.15) is 12.4 Å². The van der Waals surface area contributed by atoms with E-state index < -0.39 is 0 Å². The molecule has 3 saturated heterocycles. The summed E-state index contributed by atoms with van der Waals surface area (Å²) in [6.07, 6.45) is 7.92. The Kier molecular flexibility index (Phi) is 6.47. The first kappa shape index (κ1) is 19.6. The molecule has 3 aliphatic heterocycles. The molecule has 3 fully saturated rings.